The number of rotatable bonds is 3. The number of carbonyl (C=O) groups excluding carboxylic acids is 1. The predicted octanol–water partition coefficient (Wildman–Crippen LogP) is 1.75. The lowest BCUT2D eigenvalue weighted by Crippen LogP contribution is -2.39. The van der Waals surface area contributed by atoms with E-state index in [1.165, 1.54) is 0 Å². The normalized spacial score (nSPS) is 23.9. The van der Waals surface area contributed by atoms with Gasteiger partial charge in [0.25, 0.3) is 5.91 Å². The summed E-state index contributed by atoms with van der Waals surface area (Å²) in [4.78, 5) is 12.1. The van der Waals surface area contributed by atoms with Crippen LogP contribution in [0.25, 0.3) is 0 Å². The first-order valence-corrected chi connectivity index (χ1v) is 6.19. The van der Waals surface area contributed by atoms with Gasteiger partial charge in [-0.05, 0) is 45.2 Å². The van der Waals surface area contributed by atoms with Gasteiger partial charge in [0.05, 0.1) is 0 Å². The van der Waals surface area contributed by atoms with Gasteiger partial charge in [-0.3, -0.25) is 4.79 Å². The molecule has 1 aromatic rings. The predicted molar refractivity (Wildman–Crippen MR) is 65.8 cm³/mol. The third kappa shape index (κ3) is 2.52. The van der Waals surface area contributed by atoms with Gasteiger partial charge in [-0.15, -0.1) is 0 Å². The van der Waals surface area contributed by atoms with Crippen molar-refractivity contribution in [1.82, 2.24) is 5.32 Å². The van der Waals surface area contributed by atoms with Crippen LogP contribution in [-0.4, -0.2) is 18.5 Å². The quantitative estimate of drug-likeness (QED) is 0.840. The molecule has 0 bridgehead atoms. The van der Waals surface area contributed by atoms with Crippen molar-refractivity contribution in [2.45, 2.75) is 39.2 Å². The Balaban J connectivity index is 2.04. The second-order valence-electron chi connectivity index (χ2n) is 4.88. The molecule has 1 saturated carbocycles. The highest BCUT2D eigenvalue weighted by atomic mass is 16.3. The molecule has 1 aliphatic rings. The van der Waals surface area contributed by atoms with E-state index in [2.05, 4.69) is 5.32 Å². The van der Waals surface area contributed by atoms with E-state index < -0.39 is 0 Å². The molecule has 3 N–H and O–H groups in total. The van der Waals surface area contributed by atoms with Crippen LogP contribution in [0.2, 0.25) is 0 Å². The van der Waals surface area contributed by atoms with Gasteiger partial charge in [-0.25, -0.2) is 0 Å². The molecule has 0 spiro atoms. The summed E-state index contributed by atoms with van der Waals surface area (Å²) in [5.41, 5.74) is 6.59. The average molecular weight is 236 g/mol. The number of furan rings is 1. The topological polar surface area (TPSA) is 68.3 Å². The summed E-state index contributed by atoms with van der Waals surface area (Å²) in [6, 6.07) is 2.08. The summed E-state index contributed by atoms with van der Waals surface area (Å²) in [6.45, 7) is 4.38. The Morgan fingerprint density at radius 3 is 2.88 bits per heavy atom. The molecule has 1 amide bonds. The van der Waals surface area contributed by atoms with Crippen LogP contribution in [0, 0.1) is 19.8 Å². The first-order valence-electron chi connectivity index (χ1n) is 6.19. The lowest BCUT2D eigenvalue weighted by atomic mass is 10.0. The number of carbonyl (C=O) groups is 1. The molecule has 1 aliphatic carbocycles. The van der Waals surface area contributed by atoms with Crippen molar-refractivity contribution < 1.29 is 9.21 Å². The van der Waals surface area contributed by atoms with Crippen molar-refractivity contribution in [3.05, 3.63) is 23.2 Å². The molecule has 0 radical (unpaired) electrons. The smallest absolute Gasteiger partial charge is 0.287 e. The van der Waals surface area contributed by atoms with Crippen molar-refractivity contribution in [3.8, 4) is 0 Å². The Morgan fingerprint density at radius 1 is 1.53 bits per heavy atom. The van der Waals surface area contributed by atoms with Crippen LogP contribution >= 0.6 is 0 Å². The second kappa shape index (κ2) is 4.92. The van der Waals surface area contributed by atoms with Gasteiger partial charge in [0.2, 0.25) is 0 Å². The third-order valence-corrected chi connectivity index (χ3v) is 3.53. The maximum absolute atomic E-state index is 12.1. The lowest BCUT2D eigenvalue weighted by molar-refractivity contribution is 0.0898. The van der Waals surface area contributed by atoms with E-state index >= 15 is 0 Å². The van der Waals surface area contributed by atoms with Gasteiger partial charge in [0, 0.05) is 11.6 Å². The van der Waals surface area contributed by atoms with Gasteiger partial charge < -0.3 is 15.5 Å². The molecule has 2 atom stereocenters. The molecule has 0 aliphatic heterocycles. The van der Waals surface area contributed by atoms with Crippen molar-refractivity contribution in [3.63, 3.8) is 0 Å². The molecule has 17 heavy (non-hydrogen) atoms. The minimum Gasteiger partial charge on any atom is -0.456 e. The third-order valence-electron chi connectivity index (χ3n) is 3.53. The standard InChI is InChI=1S/C13H20N2O2/c1-8-6-9(2)17-12(8)13(16)15-11-5-3-4-10(11)7-14/h6,10-11H,3-5,7,14H2,1-2H3,(H,15,16). The van der Waals surface area contributed by atoms with Crippen LogP contribution in [0.4, 0.5) is 0 Å². The van der Waals surface area contributed by atoms with Crippen molar-refractivity contribution in [2.75, 3.05) is 6.54 Å². The highest BCUT2D eigenvalue weighted by molar-refractivity contribution is 5.93. The zero-order chi connectivity index (χ0) is 12.4. The summed E-state index contributed by atoms with van der Waals surface area (Å²) >= 11 is 0. The number of nitrogens with two attached hydrogens (primary N) is 1. The van der Waals surface area contributed by atoms with Crippen LogP contribution in [0.5, 0.6) is 0 Å². The Labute approximate surface area is 102 Å². The van der Waals surface area contributed by atoms with Gasteiger partial charge in [-0.2, -0.15) is 0 Å². The van der Waals surface area contributed by atoms with E-state index in [9.17, 15) is 4.79 Å². The summed E-state index contributed by atoms with van der Waals surface area (Å²) < 4.78 is 5.41. The van der Waals surface area contributed by atoms with E-state index in [1.807, 2.05) is 19.9 Å². The van der Waals surface area contributed by atoms with Gasteiger partial charge in [-0.1, -0.05) is 6.42 Å². The molecule has 94 valence electrons. The maximum Gasteiger partial charge on any atom is 0.287 e. The molecule has 2 unspecified atom stereocenters. The molecule has 0 saturated heterocycles. The summed E-state index contributed by atoms with van der Waals surface area (Å²) in [5.74, 6) is 1.51. The van der Waals surface area contributed by atoms with Crippen molar-refractivity contribution >= 4 is 5.91 Å². The van der Waals surface area contributed by atoms with Crippen LogP contribution in [0.3, 0.4) is 0 Å². The SMILES string of the molecule is Cc1cc(C)c(C(=O)NC2CCCC2CN)o1. The number of aryl methyl sites for hydroxylation is 2. The zero-order valence-electron chi connectivity index (χ0n) is 10.5. The monoisotopic (exact) mass is 236 g/mol. The number of hydrogen-bond donors (Lipinski definition) is 2. The van der Waals surface area contributed by atoms with Gasteiger partial charge >= 0.3 is 0 Å². The van der Waals surface area contributed by atoms with Crippen LogP contribution in [0.15, 0.2) is 10.5 Å². The number of amides is 1. The van der Waals surface area contributed by atoms with E-state index in [-0.39, 0.29) is 11.9 Å². The van der Waals surface area contributed by atoms with Crippen LogP contribution in [0.1, 0.15) is 41.1 Å². The largest absolute Gasteiger partial charge is 0.456 e. The first-order chi connectivity index (χ1) is 8.11. The van der Waals surface area contributed by atoms with Gasteiger partial charge in [0.1, 0.15) is 5.76 Å². The van der Waals surface area contributed by atoms with E-state index in [4.69, 9.17) is 10.2 Å². The minimum atomic E-state index is -0.110. The average Bonchev–Trinajstić information content (AvgIpc) is 2.84. The molecule has 1 fully saturated rings. The molecule has 4 nitrogen and oxygen atoms in total. The summed E-state index contributed by atoms with van der Waals surface area (Å²) in [7, 11) is 0. The Bertz CT molecular complexity index is 412. The fraction of sp³-hybridized carbons (Fsp3) is 0.615. The van der Waals surface area contributed by atoms with Crippen LogP contribution in [-0.2, 0) is 0 Å². The lowest BCUT2D eigenvalue weighted by Gasteiger charge is -2.18. The summed E-state index contributed by atoms with van der Waals surface area (Å²) in [6.07, 6.45) is 3.27. The number of hydrogen-bond acceptors (Lipinski definition) is 3. The molecular formula is C13H20N2O2. The second-order valence-corrected chi connectivity index (χ2v) is 4.88. The highest BCUT2D eigenvalue weighted by Gasteiger charge is 2.28. The Kier molecular flexibility index (Phi) is 3.52. The van der Waals surface area contributed by atoms with Crippen LogP contribution < -0.4 is 11.1 Å². The molecule has 4 heteroatoms. The maximum atomic E-state index is 12.1. The van der Waals surface area contributed by atoms with Crippen molar-refractivity contribution in [1.29, 1.82) is 0 Å². The Morgan fingerprint density at radius 2 is 2.29 bits per heavy atom. The zero-order valence-corrected chi connectivity index (χ0v) is 10.5. The van der Waals surface area contributed by atoms with E-state index in [0.717, 1.165) is 30.6 Å². The number of nitrogens with one attached hydrogen (secondary N) is 1. The molecule has 2 rings (SSSR count). The highest BCUT2D eigenvalue weighted by Crippen LogP contribution is 2.25. The van der Waals surface area contributed by atoms with Gasteiger partial charge in [0.15, 0.2) is 5.76 Å². The first kappa shape index (κ1) is 12.2. The molecule has 0 aromatic carbocycles. The molecule has 1 heterocycles. The minimum absolute atomic E-state index is 0.110. The molecule has 1 aromatic heterocycles. The fourth-order valence-corrected chi connectivity index (χ4v) is 2.61. The fourth-order valence-electron chi connectivity index (χ4n) is 2.61. The Hall–Kier alpha value is -1.29. The van der Waals surface area contributed by atoms with E-state index in [1.54, 1.807) is 0 Å². The van der Waals surface area contributed by atoms with Crippen molar-refractivity contribution in [2.24, 2.45) is 11.7 Å². The molecular weight excluding hydrogens is 216 g/mol. The summed E-state index contributed by atoms with van der Waals surface area (Å²) in [5, 5.41) is 3.04. The van der Waals surface area contributed by atoms with E-state index in [0.29, 0.717) is 18.2 Å².